The van der Waals surface area contributed by atoms with E-state index in [0.717, 1.165) is 60.8 Å². The number of pyridine rings is 1. The van der Waals surface area contributed by atoms with Crippen LogP contribution in [-0.4, -0.2) is 28.7 Å². The van der Waals surface area contributed by atoms with Crippen molar-refractivity contribution in [2.24, 2.45) is 4.99 Å². The van der Waals surface area contributed by atoms with Crippen molar-refractivity contribution < 1.29 is 9.26 Å². The molecule has 0 unspecified atom stereocenters. The smallest absolute Gasteiger partial charge is 0.218 e. The summed E-state index contributed by atoms with van der Waals surface area (Å²) in [6.07, 6.45) is 8.45. The molecule has 3 rings (SSSR count). The van der Waals surface area contributed by atoms with Gasteiger partial charge >= 0.3 is 0 Å². The summed E-state index contributed by atoms with van der Waals surface area (Å²) in [5.74, 6) is 2.40. The zero-order valence-electron chi connectivity index (χ0n) is 18.2. The highest BCUT2D eigenvalue weighted by Crippen LogP contribution is 2.25. The van der Waals surface area contributed by atoms with Gasteiger partial charge in [0.15, 0.2) is 5.96 Å². The summed E-state index contributed by atoms with van der Waals surface area (Å²) < 4.78 is 11.6. The fourth-order valence-electron chi connectivity index (χ4n) is 3.63. The fourth-order valence-corrected chi connectivity index (χ4v) is 3.63. The third kappa shape index (κ3) is 6.58. The van der Waals surface area contributed by atoms with Crippen LogP contribution in [0, 0.1) is 0 Å². The summed E-state index contributed by atoms with van der Waals surface area (Å²) in [5.41, 5.74) is 3.14. The van der Waals surface area contributed by atoms with E-state index in [4.69, 9.17) is 14.3 Å². The second-order valence-corrected chi connectivity index (χ2v) is 7.28. The van der Waals surface area contributed by atoms with Crippen LogP contribution in [0.3, 0.4) is 0 Å². The number of hydrogen-bond acceptors (Lipinski definition) is 5. The maximum atomic E-state index is 6.14. The number of aliphatic imine (C=N–C) groups is 1. The van der Waals surface area contributed by atoms with Crippen molar-refractivity contribution in [3.8, 4) is 5.88 Å². The molecule has 2 aromatic rings. The molecular weight excluding hydrogens is 493 g/mol. The van der Waals surface area contributed by atoms with Gasteiger partial charge in [-0.1, -0.05) is 25.1 Å². The van der Waals surface area contributed by atoms with Gasteiger partial charge in [-0.2, -0.15) is 0 Å². The highest BCUT2D eigenvalue weighted by molar-refractivity contribution is 14.0. The van der Waals surface area contributed by atoms with Gasteiger partial charge in [-0.05, 0) is 45.1 Å². The summed E-state index contributed by atoms with van der Waals surface area (Å²) in [7, 11) is 0. The van der Waals surface area contributed by atoms with E-state index in [2.05, 4.69) is 41.5 Å². The number of nitrogens with zero attached hydrogens (tertiary/aromatic N) is 3. The molecule has 8 heteroatoms. The van der Waals surface area contributed by atoms with Crippen molar-refractivity contribution in [1.82, 2.24) is 20.8 Å². The second kappa shape index (κ2) is 12.8. The Hall–Kier alpha value is -1.84. The topological polar surface area (TPSA) is 84.6 Å². The Balaban J connectivity index is 0.00000320. The average Bonchev–Trinajstić information content (AvgIpc) is 3.40. The molecule has 1 fully saturated rings. The van der Waals surface area contributed by atoms with E-state index in [-0.39, 0.29) is 30.1 Å². The third-order valence-electron chi connectivity index (χ3n) is 5.22. The van der Waals surface area contributed by atoms with Crippen LogP contribution in [0.4, 0.5) is 0 Å². The number of halogens is 1. The number of aromatic nitrogens is 2. The SMILES string of the molecule is CCNC(=NCc1cccnc1OC1CCCC1)NCc1c(CC)noc1CC.I. The Labute approximate surface area is 196 Å². The van der Waals surface area contributed by atoms with Crippen LogP contribution >= 0.6 is 24.0 Å². The number of ether oxygens (including phenoxy) is 1. The van der Waals surface area contributed by atoms with E-state index >= 15 is 0 Å². The molecule has 0 saturated heterocycles. The Morgan fingerprint density at radius 2 is 2.00 bits per heavy atom. The van der Waals surface area contributed by atoms with Crippen molar-refractivity contribution in [3.05, 3.63) is 40.9 Å². The van der Waals surface area contributed by atoms with Gasteiger partial charge in [0.25, 0.3) is 0 Å². The first-order chi connectivity index (χ1) is 14.2. The normalized spacial score (nSPS) is 14.4. The molecule has 2 N–H and O–H groups in total. The quantitative estimate of drug-likeness (QED) is 0.286. The predicted molar refractivity (Wildman–Crippen MR) is 129 cm³/mol. The van der Waals surface area contributed by atoms with Gasteiger partial charge in [0.05, 0.1) is 12.2 Å². The molecule has 0 bridgehead atoms. The second-order valence-electron chi connectivity index (χ2n) is 7.28. The molecule has 7 nitrogen and oxygen atoms in total. The Kier molecular flexibility index (Phi) is 10.4. The predicted octanol–water partition coefficient (Wildman–Crippen LogP) is 4.39. The molecule has 0 aliphatic heterocycles. The summed E-state index contributed by atoms with van der Waals surface area (Å²) in [6, 6.07) is 3.97. The molecule has 0 spiro atoms. The lowest BCUT2D eigenvalue weighted by atomic mass is 10.1. The van der Waals surface area contributed by atoms with Crippen LogP contribution in [0.5, 0.6) is 5.88 Å². The molecule has 1 aliphatic carbocycles. The van der Waals surface area contributed by atoms with Crippen molar-refractivity contribution >= 4 is 29.9 Å². The average molecular weight is 527 g/mol. The standard InChI is InChI=1S/C22H33N5O2.HI/c1-4-19-18(20(5-2)29-27-19)15-26-22(23-6-3)25-14-16-10-9-13-24-21(16)28-17-11-7-8-12-17;/h9-10,13,17H,4-8,11-12,14-15H2,1-3H3,(H2,23,25,26);1H. The number of rotatable bonds is 9. The monoisotopic (exact) mass is 527 g/mol. The number of aryl methyl sites for hydroxylation is 2. The number of hydrogen-bond donors (Lipinski definition) is 2. The Morgan fingerprint density at radius 3 is 2.70 bits per heavy atom. The van der Waals surface area contributed by atoms with Crippen LogP contribution in [0.15, 0.2) is 27.8 Å². The highest BCUT2D eigenvalue weighted by Gasteiger charge is 2.18. The summed E-state index contributed by atoms with van der Waals surface area (Å²) in [4.78, 5) is 9.20. The number of nitrogens with one attached hydrogen (secondary N) is 2. The molecule has 30 heavy (non-hydrogen) atoms. The van der Waals surface area contributed by atoms with E-state index in [1.165, 1.54) is 12.8 Å². The van der Waals surface area contributed by atoms with Gasteiger partial charge in [-0.3, -0.25) is 0 Å². The van der Waals surface area contributed by atoms with Gasteiger partial charge in [-0.25, -0.2) is 9.98 Å². The largest absolute Gasteiger partial charge is 0.474 e. The van der Waals surface area contributed by atoms with Crippen LogP contribution < -0.4 is 15.4 Å². The van der Waals surface area contributed by atoms with E-state index in [9.17, 15) is 0 Å². The zero-order valence-corrected chi connectivity index (χ0v) is 20.6. The van der Waals surface area contributed by atoms with Gasteiger partial charge in [0.2, 0.25) is 5.88 Å². The lowest BCUT2D eigenvalue weighted by Gasteiger charge is -2.15. The lowest BCUT2D eigenvalue weighted by Crippen LogP contribution is -2.37. The molecule has 2 heterocycles. The lowest BCUT2D eigenvalue weighted by molar-refractivity contribution is 0.199. The zero-order chi connectivity index (χ0) is 20.5. The van der Waals surface area contributed by atoms with Gasteiger partial charge in [-0.15, -0.1) is 24.0 Å². The van der Waals surface area contributed by atoms with E-state index in [0.29, 0.717) is 19.0 Å². The minimum Gasteiger partial charge on any atom is -0.474 e. The van der Waals surface area contributed by atoms with Crippen molar-refractivity contribution in [2.45, 2.75) is 78.5 Å². The van der Waals surface area contributed by atoms with Crippen molar-refractivity contribution in [3.63, 3.8) is 0 Å². The van der Waals surface area contributed by atoms with Gasteiger partial charge in [0, 0.05) is 36.8 Å². The first-order valence-corrected chi connectivity index (χ1v) is 10.8. The first-order valence-electron chi connectivity index (χ1n) is 10.8. The molecule has 0 atom stereocenters. The van der Waals surface area contributed by atoms with E-state index in [1.807, 2.05) is 12.1 Å². The van der Waals surface area contributed by atoms with Crippen LogP contribution in [0.1, 0.15) is 69.0 Å². The molecule has 2 aromatic heterocycles. The summed E-state index contributed by atoms with van der Waals surface area (Å²) in [5, 5.41) is 10.9. The maximum absolute atomic E-state index is 6.14. The summed E-state index contributed by atoms with van der Waals surface area (Å²) in [6.45, 7) is 8.17. The Bertz CT molecular complexity index is 781. The van der Waals surface area contributed by atoms with Crippen molar-refractivity contribution in [1.29, 1.82) is 0 Å². The first kappa shape index (κ1) is 24.4. The molecule has 166 valence electrons. The Morgan fingerprint density at radius 1 is 1.20 bits per heavy atom. The number of guanidine groups is 1. The molecule has 0 aromatic carbocycles. The van der Waals surface area contributed by atoms with Gasteiger partial charge in [0.1, 0.15) is 11.9 Å². The highest BCUT2D eigenvalue weighted by atomic mass is 127. The molecule has 0 amide bonds. The van der Waals surface area contributed by atoms with Crippen LogP contribution in [0.2, 0.25) is 0 Å². The minimum atomic E-state index is 0. The van der Waals surface area contributed by atoms with Crippen molar-refractivity contribution in [2.75, 3.05) is 6.54 Å². The van der Waals surface area contributed by atoms with Gasteiger partial charge < -0.3 is 19.9 Å². The minimum absolute atomic E-state index is 0. The maximum Gasteiger partial charge on any atom is 0.218 e. The molecular formula is C22H34IN5O2. The van der Waals surface area contributed by atoms with E-state index in [1.54, 1.807) is 6.20 Å². The van der Waals surface area contributed by atoms with Crippen LogP contribution in [0.25, 0.3) is 0 Å². The molecule has 0 radical (unpaired) electrons. The fraction of sp³-hybridized carbons (Fsp3) is 0.591. The van der Waals surface area contributed by atoms with Crippen LogP contribution in [-0.2, 0) is 25.9 Å². The van der Waals surface area contributed by atoms with E-state index < -0.39 is 0 Å². The summed E-state index contributed by atoms with van der Waals surface area (Å²) >= 11 is 0. The molecule has 1 saturated carbocycles. The molecule has 1 aliphatic rings. The third-order valence-corrected chi connectivity index (χ3v) is 5.22.